The van der Waals surface area contributed by atoms with Crippen LogP contribution in [0.4, 0.5) is 0 Å². The second-order valence-corrected chi connectivity index (χ2v) is 6.30. The third kappa shape index (κ3) is 4.09. The van der Waals surface area contributed by atoms with Crippen molar-refractivity contribution in [1.82, 2.24) is 20.4 Å². The Balaban J connectivity index is 0.00000208. The van der Waals surface area contributed by atoms with Crippen LogP contribution in [0.25, 0.3) is 0 Å². The van der Waals surface area contributed by atoms with E-state index >= 15 is 0 Å². The van der Waals surface area contributed by atoms with Gasteiger partial charge in [-0.2, -0.15) is 5.10 Å². The van der Waals surface area contributed by atoms with Gasteiger partial charge >= 0.3 is 0 Å². The van der Waals surface area contributed by atoms with E-state index in [1.807, 2.05) is 41.2 Å². The fourth-order valence-corrected chi connectivity index (χ4v) is 3.31. The van der Waals surface area contributed by atoms with Gasteiger partial charge in [0.1, 0.15) is 5.54 Å². The van der Waals surface area contributed by atoms with E-state index in [1.54, 1.807) is 6.20 Å². The van der Waals surface area contributed by atoms with E-state index < -0.39 is 5.54 Å². The Hall–Kier alpha value is -1.56. The molecule has 1 aromatic heterocycles. The molecule has 0 bridgehead atoms. The van der Waals surface area contributed by atoms with Crippen molar-refractivity contribution in [3.8, 4) is 0 Å². The smallest absolute Gasteiger partial charge is 0.248 e. The zero-order valence-corrected chi connectivity index (χ0v) is 14.9. The summed E-state index contributed by atoms with van der Waals surface area (Å²) in [5.74, 6) is 0.0460. The fraction of sp³-hybridized carbons (Fsp3) is 0.412. The zero-order chi connectivity index (χ0) is 16.1. The number of hydrogen-bond acceptors (Lipinski definition) is 3. The molecule has 5 nitrogen and oxygen atoms in total. The number of nitrogens with zero attached hydrogens (tertiary/aromatic N) is 2. The van der Waals surface area contributed by atoms with Crippen LogP contribution in [-0.2, 0) is 16.8 Å². The molecule has 0 radical (unpaired) electrons. The van der Waals surface area contributed by atoms with Crippen LogP contribution in [0.1, 0.15) is 18.4 Å². The van der Waals surface area contributed by atoms with Gasteiger partial charge in [0.15, 0.2) is 0 Å². The number of carbonyl (C=O) groups excluding carboxylic acids is 1. The zero-order valence-electron chi connectivity index (χ0n) is 13.4. The lowest BCUT2D eigenvalue weighted by molar-refractivity contribution is -0.131. The van der Waals surface area contributed by atoms with Gasteiger partial charge in [0, 0.05) is 24.0 Å². The van der Waals surface area contributed by atoms with Gasteiger partial charge in [-0.25, -0.2) is 0 Å². The highest BCUT2D eigenvalue weighted by atomic mass is 35.5. The largest absolute Gasteiger partial charge is 0.354 e. The summed E-state index contributed by atoms with van der Waals surface area (Å²) in [6, 6.07) is 9.60. The van der Waals surface area contributed by atoms with Crippen molar-refractivity contribution < 1.29 is 4.79 Å². The molecule has 0 spiro atoms. The number of benzene rings is 1. The SMILES string of the molecule is Cl.O=C(NCCc1cccc(Cl)c1)C1(n2cccn2)CCNCC1. The van der Waals surface area contributed by atoms with Crippen LogP contribution >= 0.6 is 24.0 Å². The lowest BCUT2D eigenvalue weighted by Crippen LogP contribution is -2.54. The molecule has 1 aromatic carbocycles. The Kier molecular flexibility index (Phi) is 6.66. The number of piperidine rings is 1. The molecule has 0 unspecified atom stereocenters. The minimum atomic E-state index is -0.580. The Morgan fingerprint density at radius 2 is 2.12 bits per heavy atom. The van der Waals surface area contributed by atoms with E-state index in [9.17, 15) is 4.79 Å². The van der Waals surface area contributed by atoms with Gasteiger partial charge in [-0.15, -0.1) is 12.4 Å². The number of halogens is 2. The number of rotatable bonds is 5. The van der Waals surface area contributed by atoms with Crippen molar-refractivity contribution in [2.75, 3.05) is 19.6 Å². The van der Waals surface area contributed by atoms with Gasteiger partial charge in [0.05, 0.1) is 0 Å². The minimum absolute atomic E-state index is 0. The molecule has 7 heteroatoms. The summed E-state index contributed by atoms with van der Waals surface area (Å²) < 4.78 is 1.81. The molecule has 2 heterocycles. The van der Waals surface area contributed by atoms with Crippen LogP contribution < -0.4 is 10.6 Å². The van der Waals surface area contributed by atoms with Crippen LogP contribution in [0.15, 0.2) is 42.7 Å². The Morgan fingerprint density at radius 1 is 1.33 bits per heavy atom. The van der Waals surface area contributed by atoms with Crippen LogP contribution in [-0.4, -0.2) is 35.3 Å². The average molecular weight is 369 g/mol. The Morgan fingerprint density at radius 3 is 2.79 bits per heavy atom. The molecular formula is C17H22Cl2N4O. The first-order valence-corrected chi connectivity index (χ1v) is 8.32. The van der Waals surface area contributed by atoms with Crippen LogP contribution in [0.3, 0.4) is 0 Å². The van der Waals surface area contributed by atoms with Gasteiger partial charge in [-0.05, 0) is 56.1 Å². The molecule has 2 aromatic rings. The standard InChI is InChI=1S/C17H21ClN4O.ClH/c18-15-4-1-3-14(13-15)5-9-20-16(23)17(6-10-19-11-7-17)22-12-2-8-21-22;/h1-4,8,12-13,19H,5-7,9-11H2,(H,20,23);1H. The first kappa shape index (κ1) is 18.8. The van der Waals surface area contributed by atoms with Gasteiger partial charge in [-0.3, -0.25) is 9.48 Å². The predicted molar refractivity (Wildman–Crippen MR) is 97.7 cm³/mol. The third-order valence-corrected chi connectivity index (χ3v) is 4.62. The number of aromatic nitrogens is 2. The van der Waals surface area contributed by atoms with Gasteiger partial charge < -0.3 is 10.6 Å². The monoisotopic (exact) mass is 368 g/mol. The highest BCUT2D eigenvalue weighted by Gasteiger charge is 2.41. The number of hydrogen-bond donors (Lipinski definition) is 2. The van der Waals surface area contributed by atoms with E-state index in [0.29, 0.717) is 6.54 Å². The summed E-state index contributed by atoms with van der Waals surface area (Å²) in [6.07, 6.45) is 5.86. The molecule has 1 saturated heterocycles. The molecule has 24 heavy (non-hydrogen) atoms. The number of amides is 1. The fourth-order valence-electron chi connectivity index (χ4n) is 3.10. The van der Waals surface area contributed by atoms with E-state index in [0.717, 1.165) is 42.9 Å². The first-order chi connectivity index (χ1) is 11.2. The quantitative estimate of drug-likeness (QED) is 0.851. The van der Waals surface area contributed by atoms with Gasteiger partial charge in [0.25, 0.3) is 0 Å². The van der Waals surface area contributed by atoms with Crippen molar-refractivity contribution in [2.24, 2.45) is 0 Å². The molecule has 0 atom stereocenters. The van der Waals surface area contributed by atoms with E-state index in [4.69, 9.17) is 11.6 Å². The maximum Gasteiger partial charge on any atom is 0.248 e. The topological polar surface area (TPSA) is 59.0 Å². The van der Waals surface area contributed by atoms with Gasteiger partial charge in [0.2, 0.25) is 5.91 Å². The molecule has 3 rings (SSSR count). The van der Waals surface area contributed by atoms with E-state index in [-0.39, 0.29) is 18.3 Å². The van der Waals surface area contributed by atoms with Crippen molar-refractivity contribution in [3.05, 3.63) is 53.3 Å². The maximum absolute atomic E-state index is 12.8. The highest BCUT2D eigenvalue weighted by Crippen LogP contribution is 2.27. The number of nitrogens with one attached hydrogen (secondary N) is 2. The molecule has 0 saturated carbocycles. The Labute approximate surface area is 153 Å². The molecule has 1 fully saturated rings. The second kappa shape index (κ2) is 8.51. The van der Waals surface area contributed by atoms with Crippen LogP contribution in [0, 0.1) is 0 Å². The summed E-state index contributed by atoms with van der Waals surface area (Å²) in [7, 11) is 0. The summed E-state index contributed by atoms with van der Waals surface area (Å²) in [5, 5.41) is 11.4. The Bertz CT molecular complexity index is 654. The third-order valence-electron chi connectivity index (χ3n) is 4.38. The lowest BCUT2D eigenvalue weighted by atomic mass is 9.87. The summed E-state index contributed by atoms with van der Waals surface area (Å²) in [4.78, 5) is 12.8. The summed E-state index contributed by atoms with van der Waals surface area (Å²) in [5.41, 5.74) is 0.541. The van der Waals surface area contributed by atoms with Crippen LogP contribution in [0.5, 0.6) is 0 Å². The van der Waals surface area contributed by atoms with Crippen molar-refractivity contribution in [1.29, 1.82) is 0 Å². The van der Waals surface area contributed by atoms with Gasteiger partial charge in [-0.1, -0.05) is 23.7 Å². The molecule has 1 amide bonds. The lowest BCUT2D eigenvalue weighted by Gasteiger charge is -2.36. The molecule has 1 aliphatic rings. The molecular weight excluding hydrogens is 347 g/mol. The molecule has 0 aliphatic carbocycles. The normalized spacial score (nSPS) is 16.2. The van der Waals surface area contributed by atoms with Crippen molar-refractivity contribution in [3.63, 3.8) is 0 Å². The predicted octanol–water partition coefficient (Wildman–Crippen LogP) is 2.40. The summed E-state index contributed by atoms with van der Waals surface area (Å²) >= 11 is 5.99. The molecule has 130 valence electrons. The molecule has 2 N–H and O–H groups in total. The highest BCUT2D eigenvalue weighted by molar-refractivity contribution is 6.30. The van der Waals surface area contributed by atoms with E-state index in [2.05, 4.69) is 15.7 Å². The average Bonchev–Trinajstić information content (AvgIpc) is 3.10. The van der Waals surface area contributed by atoms with E-state index in [1.165, 1.54) is 0 Å². The first-order valence-electron chi connectivity index (χ1n) is 7.94. The van der Waals surface area contributed by atoms with Crippen molar-refractivity contribution in [2.45, 2.75) is 24.8 Å². The second-order valence-electron chi connectivity index (χ2n) is 5.87. The minimum Gasteiger partial charge on any atom is -0.354 e. The molecule has 1 aliphatic heterocycles. The summed E-state index contributed by atoms with van der Waals surface area (Å²) in [6.45, 7) is 2.23. The van der Waals surface area contributed by atoms with Crippen molar-refractivity contribution >= 4 is 29.9 Å². The van der Waals surface area contributed by atoms with Crippen LogP contribution in [0.2, 0.25) is 5.02 Å². The maximum atomic E-state index is 12.8. The number of carbonyl (C=O) groups is 1.